The third-order valence-corrected chi connectivity index (χ3v) is 2.56. The van der Waals surface area contributed by atoms with Crippen LogP contribution < -0.4 is 11.5 Å². The van der Waals surface area contributed by atoms with Crippen LogP contribution in [0.2, 0.25) is 0 Å². The molecule has 0 amide bonds. The largest absolute Gasteiger partial charge is 0.480 e. The summed E-state index contributed by atoms with van der Waals surface area (Å²) in [6.07, 6.45) is 10.8. The summed E-state index contributed by atoms with van der Waals surface area (Å²) in [5.74, 6) is -0.338. The first kappa shape index (κ1) is 13.4. The molecule has 5 heteroatoms. The summed E-state index contributed by atoms with van der Waals surface area (Å²) >= 11 is 0. The second-order valence-electron chi connectivity index (χ2n) is 4.07. The van der Waals surface area contributed by atoms with Crippen molar-refractivity contribution >= 4 is 11.8 Å². The molecular weight excluding hydrogens is 218 g/mol. The topological polar surface area (TPSA) is 102 Å². The van der Waals surface area contributed by atoms with Crippen molar-refractivity contribution in [3.05, 3.63) is 24.3 Å². The van der Waals surface area contributed by atoms with Crippen molar-refractivity contribution in [3.63, 3.8) is 0 Å². The third kappa shape index (κ3) is 5.31. The number of rotatable bonds is 4. The van der Waals surface area contributed by atoms with Crippen molar-refractivity contribution in [2.75, 3.05) is 0 Å². The predicted molar refractivity (Wildman–Crippen MR) is 69.9 cm³/mol. The summed E-state index contributed by atoms with van der Waals surface area (Å²) in [7, 11) is 0. The molecule has 0 bridgehead atoms. The fraction of sp³-hybridized carbons (Fsp3) is 0.500. The molecule has 5 nitrogen and oxygen atoms in total. The van der Waals surface area contributed by atoms with Crippen molar-refractivity contribution in [2.24, 2.45) is 16.5 Å². The van der Waals surface area contributed by atoms with Crippen molar-refractivity contribution in [3.8, 4) is 0 Å². The minimum atomic E-state index is -1.04. The van der Waals surface area contributed by atoms with E-state index in [2.05, 4.69) is 4.99 Å². The molecule has 0 fully saturated rings. The lowest BCUT2D eigenvalue weighted by Crippen LogP contribution is -2.27. The average molecular weight is 239 g/mol. The highest BCUT2D eigenvalue weighted by molar-refractivity contribution is 5.80. The maximum atomic E-state index is 10.4. The number of aliphatic imine (C=N–C) groups is 1. The third-order valence-electron chi connectivity index (χ3n) is 2.56. The Hall–Kier alpha value is -1.62. The molecule has 0 saturated carbocycles. The number of nitrogens with zero attached hydrogens (tertiary/aromatic N) is 1. The highest BCUT2D eigenvalue weighted by Crippen LogP contribution is 2.13. The molecule has 0 saturated heterocycles. The first-order chi connectivity index (χ1) is 8.09. The van der Waals surface area contributed by atoms with Crippen LogP contribution in [0.1, 0.15) is 27.1 Å². The Balaban J connectivity index is 0.00000289. The van der Waals surface area contributed by atoms with Gasteiger partial charge in [0.1, 0.15) is 6.04 Å². The maximum Gasteiger partial charge on any atom is 0.324 e. The minimum Gasteiger partial charge on any atom is -0.480 e. The fourth-order valence-corrected chi connectivity index (χ4v) is 1.60. The van der Waals surface area contributed by atoms with Crippen molar-refractivity contribution in [2.45, 2.75) is 37.8 Å². The SMILES string of the molecule is NC1=NC(C=CC=CC(N)C(=O)O)CCCC1.[HH]. The zero-order chi connectivity index (χ0) is 12.7. The van der Waals surface area contributed by atoms with Gasteiger partial charge in [-0.25, -0.2) is 0 Å². The van der Waals surface area contributed by atoms with Gasteiger partial charge in [0.15, 0.2) is 0 Å². The quantitative estimate of drug-likeness (QED) is 0.638. The van der Waals surface area contributed by atoms with Gasteiger partial charge in [0.25, 0.3) is 0 Å². The molecule has 17 heavy (non-hydrogen) atoms. The first-order valence-corrected chi connectivity index (χ1v) is 5.75. The molecule has 1 heterocycles. The van der Waals surface area contributed by atoms with E-state index < -0.39 is 12.0 Å². The van der Waals surface area contributed by atoms with Gasteiger partial charge in [0, 0.05) is 7.85 Å². The summed E-state index contributed by atoms with van der Waals surface area (Å²) in [6, 6.07) is -0.856. The summed E-state index contributed by atoms with van der Waals surface area (Å²) in [6.45, 7) is 0. The van der Waals surface area contributed by atoms with E-state index in [9.17, 15) is 4.79 Å². The second kappa shape index (κ2) is 6.85. The van der Waals surface area contributed by atoms with Crippen molar-refractivity contribution < 1.29 is 11.3 Å². The maximum absolute atomic E-state index is 10.4. The molecule has 1 aliphatic rings. The fourth-order valence-electron chi connectivity index (χ4n) is 1.60. The molecule has 96 valence electrons. The van der Waals surface area contributed by atoms with E-state index in [-0.39, 0.29) is 7.47 Å². The molecule has 0 radical (unpaired) electrons. The Labute approximate surface area is 102 Å². The Morgan fingerprint density at radius 1 is 1.53 bits per heavy atom. The molecule has 2 unspecified atom stereocenters. The molecule has 0 aromatic carbocycles. The predicted octanol–water partition coefficient (Wildman–Crippen LogP) is 1.06. The molecule has 2 atom stereocenters. The minimum absolute atomic E-state index is 0. The number of hydrogen-bond donors (Lipinski definition) is 3. The lowest BCUT2D eigenvalue weighted by atomic mass is 10.1. The first-order valence-electron chi connectivity index (χ1n) is 5.75. The van der Waals surface area contributed by atoms with Gasteiger partial charge in [-0.15, -0.1) is 0 Å². The molecular formula is C12H21N3O2. The molecule has 0 spiro atoms. The molecule has 0 aromatic heterocycles. The zero-order valence-electron chi connectivity index (χ0n) is 9.75. The van der Waals surface area contributed by atoms with E-state index in [4.69, 9.17) is 16.6 Å². The van der Waals surface area contributed by atoms with E-state index in [0.29, 0.717) is 5.84 Å². The number of allylic oxidation sites excluding steroid dienone is 2. The van der Waals surface area contributed by atoms with E-state index in [0.717, 1.165) is 25.7 Å². The van der Waals surface area contributed by atoms with Crippen LogP contribution in [0.25, 0.3) is 0 Å². The molecule has 0 aliphatic carbocycles. The van der Waals surface area contributed by atoms with Gasteiger partial charge >= 0.3 is 5.97 Å². The Morgan fingerprint density at radius 3 is 3.00 bits per heavy atom. The summed E-state index contributed by atoms with van der Waals surface area (Å²) < 4.78 is 0. The van der Waals surface area contributed by atoms with Gasteiger partial charge in [-0.1, -0.05) is 30.7 Å². The molecule has 5 N–H and O–H groups in total. The summed E-state index contributed by atoms with van der Waals surface area (Å²) in [5, 5.41) is 8.56. The van der Waals surface area contributed by atoms with Crippen LogP contribution in [0.3, 0.4) is 0 Å². The number of carboxylic acid groups (broad SMARTS) is 1. The summed E-state index contributed by atoms with van der Waals surface area (Å²) in [4.78, 5) is 14.8. The highest BCUT2D eigenvalue weighted by atomic mass is 16.4. The van der Waals surface area contributed by atoms with Crippen molar-refractivity contribution in [1.82, 2.24) is 0 Å². The molecule has 0 aromatic rings. The van der Waals surface area contributed by atoms with Gasteiger partial charge in [-0.05, 0) is 12.8 Å². The zero-order valence-corrected chi connectivity index (χ0v) is 9.75. The van der Waals surface area contributed by atoms with Gasteiger partial charge in [0.2, 0.25) is 0 Å². The highest BCUT2D eigenvalue weighted by Gasteiger charge is 2.08. The lowest BCUT2D eigenvalue weighted by Gasteiger charge is -2.03. The van der Waals surface area contributed by atoms with E-state index in [1.807, 2.05) is 6.08 Å². The van der Waals surface area contributed by atoms with Gasteiger partial charge < -0.3 is 16.6 Å². The Morgan fingerprint density at radius 2 is 2.29 bits per heavy atom. The number of carboxylic acids is 1. The van der Waals surface area contributed by atoms with Crippen molar-refractivity contribution in [1.29, 1.82) is 0 Å². The average Bonchev–Trinajstić information content (AvgIpc) is 2.48. The smallest absolute Gasteiger partial charge is 0.324 e. The van der Waals surface area contributed by atoms with Gasteiger partial charge in [-0.2, -0.15) is 0 Å². The van der Waals surface area contributed by atoms with E-state index in [1.165, 1.54) is 6.08 Å². The molecule has 1 rings (SSSR count). The number of carbonyl (C=O) groups is 1. The van der Waals surface area contributed by atoms with Crippen LogP contribution in [0.5, 0.6) is 0 Å². The van der Waals surface area contributed by atoms with Crippen LogP contribution in [0.4, 0.5) is 0 Å². The van der Waals surface area contributed by atoms with E-state index in [1.54, 1.807) is 12.2 Å². The number of amidine groups is 1. The standard InChI is InChI=1S/C12H19N3O2.H2/c13-10(12(16)17)7-3-1-5-9-6-2-4-8-11(14)15-9;/h1,3,5,7,9-10H,2,4,6,8,13H2,(H2,14,15)(H,16,17);1H. The lowest BCUT2D eigenvalue weighted by molar-refractivity contribution is -0.137. The molecule has 1 aliphatic heterocycles. The monoisotopic (exact) mass is 239 g/mol. The number of aliphatic carboxylic acids is 1. The Bertz CT molecular complexity index is 353. The number of hydrogen-bond acceptors (Lipinski definition) is 4. The van der Waals surface area contributed by atoms with E-state index >= 15 is 0 Å². The van der Waals surface area contributed by atoms with Crippen LogP contribution in [0.15, 0.2) is 29.3 Å². The summed E-state index contributed by atoms with van der Waals surface area (Å²) in [5.41, 5.74) is 11.0. The van der Waals surface area contributed by atoms with Crippen LogP contribution in [-0.4, -0.2) is 29.0 Å². The van der Waals surface area contributed by atoms with Crippen LogP contribution in [-0.2, 0) is 4.79 Å². The Kier molecular flexibility index (Phi) is 5.42. The van der Waals surface area contributed by atoms with Gasteiger partial charge in [-0.3, -0.25) is 9.79 Å². The number of nitrogens with two attached hydrogens (primary N) is 2. The van der Waals surface area contributed by atoms with Crippen LogP contribution >= 0.6 is 0 Å². The normalized spacial score (nSPS) is 23.6. The van der Waals surface area contributed by atoms with Crippen LogP contribution in [0, 0.1) is 0 Å². The van der Waals surface area contributed by atoms with Gasteiger partial charge in [0.05, 0.1) is 11.9 Å². The second-order valence-corrected chi connectivity index (χ2v) is 4.07.